The minimum atomic E-state index is 0.252. The van der Waals surface area contributed by atoms with E-state index >= 15 is 0 Å². The average Bonchev–Trinajstić information content (AvgIpc) is 3.11. The highest BCUT2D eigenvalue weighted by atomic mass is 32.1. The molecule has 144 valence electrons. The predicted octanol–water partition coefficient (Wildman–Crippen LogP) is 3.71. The molecular formula is C20H22N5OPS. The third-order valence-electron chi connectivity index (χ3n) is 5.37. The highest BCUT2D eigenvalue weighted by Crippen LogP contribution is 2.37. The van der Waals surface area contributed by atoms with E-state index in [2.05, 4.69) is 35.2 Å². The van der Waals surface area contributed by atoms with Crippen LogP contribution in [0, 0.1) is 12.8 Å². The van der Waals surface area contributed by atoms with Crippen molar-refractivity contribution in [2.24, 2.45) is 10.9 Å². The summed E-state index contributed by atoms with van der Waals surface area (Å²) in [4.78, 5) is 20.3. The van der Waals surface area contributed by atoms with Gasteiger partial charge in [-0.15, -0.1) is 11.3 Å². The Morgan fingerprint density at radius 1 is 1.21 bits per heavy atom. The van der Waals surface area contributed by atoms with Crippen molar-refractivity contribution in [2.45, 2.75) is 31.9 Å². The van der Waals surface area contributed by atoms with Gasteiger partial charge in [0.05, 0.1) is 16.3 Å². The van der Waals surface area contributed by atoms with Gasteiger partial charge < -0.3 is 9.64 Å². The maximum Gasteiger partial charge on any atom is 0.225 e. The van der Waals surface area contributed by atoms with E-state index in [0.29, 0.717) is 12.0 Å². The van der Waals surface area contributed by atoms with Gasteiger partial charge in [-0.25, -0.2) is 15.0 Å². The van der Waals surface area contributed by atoms with Gasteiger partial charge in [-0.1, -0.05) is 15.3 Å². The van der Waals surface area contributed by atoms with Crippen LogP contribution in [-0.4, -0.2) is 45.6 Å². The molecule has 3 heterocycles. The van der Waals surface area contributed by atoms with Gasteiger partial charge in [0.2, 0.25) is 5.95 Å². The lowest BCUT2D eigenvalue weighted by molar-refractivity contribution is 0.0964. The number of aryl methyl sites for hydroxylation is 1. The largest absolute Gasteiger partial charge is 0.488 e. The Morgan fingerprint density at radius 3 is 2.79 bits per heavy atom. The molecule has 1 unspecified atom stereocenters. The van der Waals surface area contributed by atoms with Crippen LogP contribution in [-0.2, 0) is 0 Å². The average molecular weight is 411 g/mol. The van der Waals surface area contributed by atoms with Crippen LogP contribution in [0.25, 0.3) is 10.2 Å². The van der Waals surface area contributed by atoms with E-state index in [-0.39, 0.29) is 6.10 Å². The number of aromatic nitrogens is 3. The summed E-state index contributed by atoms with van der Waals surface area (Å²) in [7, 11) is 2.84. The van der Waals surface area contributed by atoms with Crippen molar-refractivity contribution in [3.63, 3.8) is 0 Å². The smallest absolute Gasteiger partial charge is 0.225 e. The minimum absolute atomic E-state index is 0.252. The first kappa shape index (κ1) is 18.0. The van der Waals surface area contributed by atoms with Crippen LogP contribution in [0.4, 0.5) is 5.95 Å². The van der Waals surface area contributed by atoms with Crippen molar-refractivity contribution >= 4 is 42.2 Å². The monoisotopic (exact) mass is 411 g/mol. The topological polar surface area (TPSA) is 63.5 Å². The Balaban J connectivity index is 1.13. The molecule has 1 aliphatic heterocycles. The first-order valence-corrected chi connectivity index (χ1v) is 11.0. The normalized spacial score (nSPS) is 22.8. The zero-order chi connectivity index (χ0) is 19.1. The molecule has 28 heavy (non-hydrogen) atoms. The molecule has 2 fully saturated rings. The molecule has 6 nitrogen and oxygen atoms in total. The quantitative estimate of drug-likeness (QED) is 0.473. The first-order valence-electron chi connectivity index (χ1n) is 9.51. The minimum Gasteiger partial charge on any atom is -0.488 e. The third-order valence-corrected chi connectivity index (χ3v) is 6.79. The molecule has 0 amide bonds. The number of hydrogen-bond donors (Lipinski definition) is 0. The van der Waals surface area contributed by atoms with Crippen molar-refractivity contribution in [1.29, 1.82) is 0 Å². The van der Waals surface area contributed by atoms with Crippen LogP contribution in [0.15, 0.2) is 41.1 Å². The van der Waals surface area contributed by atoms with Crippen LogP contribution in [0.5, 0.6) is 5.75 Å². The summed E-state index contributed by atoms with van der Waals surface area (Å²) >= 11 is 1.65. The standard InChI is InChI=1S/C20H22N5OPS/c1-12-7-21-20(22-8-12)25-9-14(10-25)24-19(27)13-5-15(6-13)26-16-3-2-4-17-18(16)23-11-28-17/h2-4,7-8,11,13-15H,5-6,9-10,27H2,1H3. The summed E-state index contributed by atoms with van der Waals surface area (Å²) < 4.78 is 7.36. The molecule has 0 bridgehead atoms. The lowest BCUT2D eigenvalue weighted by Gasteiger charge is -2.39. The zero-order valence-corrected chi connectivity index (χ0v) is 17.6. The highest BCUT2D eigenvalue weighted by Gasteiger charge is 2.35. The van der Waals surface area contributed by atoms with E-state index in [1.165, 1.54) is 10.2 Å². The molecule has 0 N–H and O–H groups in total. The van der Waals surface area contributed by atoms with Gasteiger partial charge in [0.25, 0.3) is 0 Å². The Bertz CT molecular complexity index is 1010. The van der Waals surface area contributed by atoms with E-state index in [9.17, 15) is 0 Å². The molecular weight excluding hydrogens is 389 g/mol. The molecule has 1 saturated heterocycles. The Hall–Kier alpha value is -2.11. The molecule has 2 aliphatic rings. The second-order valence-electron chi connectivity index (χ2n) is 7.54. The molecule has 3 aromatic rings. The summed E-state index contributed by atoms with van der Waals surface area (Å²) in [5.74, 6) is 2.20. The molecule has 1 aromatic carbocycles. The second kappa shape index (κ2) is 7.37. The van der Waals surface area contributed by atoms with Gasteiger partial charge in [0.15, 0.2) is 0 Å². The lowest BCUT2D eigenvalue weighted by atomic mass is 9.83. The fourth-order valence-corrected chi connectivity index (χ4v) is 4.78. The zero-order valence-electron chi connectivity index (χ0n) is 15.7. The number of hydrogen-bond acceptors (Lipinski definition) is 7. The second-order valence-corrected chi connectivity index (χ2v) is 9.01. The Labute approximate surface area is 170 Å². The summed E-state index contributed by atoms with van der Waals surface area (Å²) in [6.45, 7) is 3.78. The molecule has 0 spiro atoms. The predicted molar refractivity (Wildman–Crippen MR) is 117 cm³/mol. The highest BCUT2D eigenvalue weighted by molar-refractivity contribution is 7.40. The Kier molecular flexibility index (Phi) is 4.73. The van der Waals surface area contributed by atoms with Crippen LogP contribution >= 0.6 is 20.6 Å². The number of ether oxygens (including phenoxy) is 1. The van der Waals surface area contributed by atoms with E-state index in [1.807, 2.05) is 37.0 Å². The maximum atomic E-state index is 6.19. The number of rotatable bonds is 5. The van der Waals surface area contributed by atoms with Gasteiger partial charge in [0, 0.05) is 36.9 Å². The molecule has 2 aromatic heterocycles. The van der Waals surface area contributed by atoms with Crippen LogP contribution in [0.2, 0.25) is 0 Å². The van der Waals surface area contributed by atoms with Crippen molar-refractivity contribution in [2.75, 3.05) is 18.0 Å². The van der Waals surface area contributed by atoms with E-state index in [0.717, 1.165) is 48.7 Å². The molecule has 0 radical (unpaired) electrons. The van der Waals surface area contributed by atoms with Gasteiger partial charge >= 0.3 is 0 Å². The number of aliphatic imine (C=N–C) groups is 1. The molecule has 1 saturated carbocycles. The number of fused-ring (bicyclic) bond motifs is 1. The number of anilines is 1. The van der Waals surface area contributed by atoms with Crippen LogP contribution < -0.4 is 9.64 Å². The van der Waals surface area contributed by atoms with Gasteiger partial charge in [-0.2, -0.15) is 0 Å². The van der Waals surface area contributed by atoms with Crippen molar-refractivity contribution in [1.82, 2.24) is 15.0 Å². The van der Waals surface area contributed by atoms with Crippen molar-refractivity contribution < 1.29 is 4.74 Å². The van der Waals surface area contributed by atoms with Crippen molar-refractivity contribution in [3.8, 4) is 5.75 Å². The number of nitrogens with zero attached hydrogens (tertiary/aromatic N) is 5. The van der Waals surface area contributed by atoms with Gasteiger partial charge in [0.1, 0.15) is 17.4 Å². The number of para-hydroxylation sites is 1. The summed E-state index contributed by atoms with van der Waals surface area (Å²) in [6, 6.07) is 6.47. The fraction of sp³-hybridized carbons (Fsp3) is 0.400. The van der Waals surface area contributed by atoms with Gasteiger partial charge in [-0.05, 0) is 37.5 Å². The summed E-state index contributed by atoms with van der Waals surface area (Å²) in [5.41, 5.74) is 5.10. The summed E-state index contributed by atoms with van der Waals surface area (Å²) in [5, 5.41) is 0. The SMILES string of the molecule is Cc1cnc(N2CC(N=C(P)C3CC(Oc4cccc5scnc45)C3)C2)nc1. The van der Waals surface area contributed by atoms with E-state index in [1.54, 1.807) is 11.3 Å². The van der Waals surface area contributed by atoms with Gasteiger partial charge in [-0.3, -0.25) is 4.99 Å². The number of thiazole rings is 1. The van der Waals surface area contributed by atoms with E-state index in [4.69, 9.17) is 9.73 Å². The third kappa shape index (κ3) is 3.49. The van der Waals surface area contributed by atoms with Crippen LogP contribution in [0.1, 0.15) is 18.4 Å². The molecule has 1 aliphatic carbocycles. The van der Waals surface area contributed by atoms with E-state index < -0.39 is 0 Å². The lowest BCUT2D eigenvalue weighted by Crippen LogP contribution is -2.51. The molecule has 8 heteroatoms. The Morgan fingerprint density at radius 2 is 2.00 bits per heavy atom. The molecule has 5 rings (SSSR count). The van der Waals surface area contributed by atoms with Crippen molar-refractivity contribution in [3.05, 3.63) is 41.7 Å². The first-order chi connectivity index (χ1) is 13.7. The fourth-order valence-electron chi connectivity index (χ4n) is 3.60. The molecule has 1 atom stereocenters. The summed E-state index contributed by atoms with van der Waals surface area (Å²) in [6.07, 6.45) is 6.00. The van der Waals surface area contributed by atoms with Crippen LogP contribution in [0.3, 0.4) is 0 Å². The maximum absolute atomic E-state index is 6.19. The number of benzene rings is 1.